The maximum absolute atomic E-state index is 12.5. The van der Waals surface area contributed by atoms with Crippen LogP contribution in [-0.2, 0) is 0 Å². The first-order chi connectivity index (χ1) is 9.06. The van der Waals surface area contributed by atoms with E-state index < -0.39 is 0 Å². The number of amides is 1. The molecular weight excluding hydrogens is 258 g/mol. The zero-order valence-electron chi connectivity index (χ0n) is 11.5. The molecule has 1 amide bonds. The van der Waals surface area contributed by atoms with Crippen LogP contribution in [0.4, 0.5) is 0 Å². The normalized spacial score (nSPS) is 33.4. The van der Waals surface area contributed by atoms with Crippen molar-refractivity contribution >= 4 is 17.2 Å². The minimum Gasteiger partial charge on any atom is -0.393 e. The highest BCUT2D eigenvalue weighted by Crippen LogP contribution is 2.45. The lowest BCUT2D eigenvalue weighted by molar-refractivity contribution is 0.0726. The van der Waals surface area contributed by atoms with Gasteiger partial charge in [0, 0.05) is 13.1 Å². The van der Waals surface area contributed by atoms with E-state index in [9.17, 15) is 9.90 Å². The van der Waals surface area contributed by atoms with Crippen LogP contribution in [0.1, 0.15) is 40.9 Å². The fourth-order valence-corrected chi connectivity index (χ4v) is 4.69. The summed E-state index contributed by atoms with van der Waals surface area (Å²) < 4.78 is 0. The molecule has 0 spiro atoms. The first-order valence-corrected chi connectivity index (χ1v) is 7.93. The Hall–Kier alpha value is -0.870. The summed E-state index contributed by atoms with van der Waals surface area (Å²) in [6.45, 7) is 2.00. The largest absolute Gasteiger partial charge is 0.393 e. The van der Waals surface area contributed by atoms with Crippen LogP contribution in [0.5, 0.6) is 0 Å². The minimum absolute atomic E-state index is 0.100. The predicted octanol–water partition coefficient (Wildman–Crippen LogP) is 2.68. The SMILES string of the molecule is Cc1ccsc1C(=O)N(C)C1C[C@H]2CC(O)C[C@H]2C1. The van der Waals surface area contributed by atoms with Crippen LogP contribution in [0.3, 0.4) is 0 Å². The van der Waals surface area contributed by atoms with Crippen molar-refractivity contribution in [3.05, 3.63) is 21.9 Å². The summed E-state index contributed by atoms with van der Waals surface area (Å²) in [4.78, 5) is 15.3. The predicted molar refractivity (Wildman–Crippen MR) is 76.4 cm³/mol. The molecular formula is C15H21NO2S. The molecule has 104 valence electrons. The van der Waals surface area contributed by atoms with Gasteiger partial charge >= 0.3 is 0 Å². The van der Waals surface area contributed by atoms with Crippen molar-refractivity contribution in [2.75, 3.05) is 7.05 Å². The van der Waals surface area contributed by atoms with Gasteiger partial charge in [0.2, 0.25) is 0 Å². The minimum atomic E-state index is -0.100. The summed E-state index contributed by atoms with van der Waals surface area (Å²) in [6, 6.07) is 2.36. The third kappa shape index (κ3) is 2.32. The van der Waals surface area contributed by atoms with E-state index in [2.05, 4.69) is 0 Å². The van der Waals surface area contributed by atoms with Gasteiger partial charge in [0.15, 0.2) is 0 Å². The van der Waals surface area contributed by atoms with Gasteiger partial charge in [-0.1, -0.05) is 0 Å². The molecule has 2 aliphatic carbocycles. The summed E-state index contributed by atoms with van der Waals surface area (Å²) in [7, 11) is 1.93. The number of carbonyl (C=O) groups excluding carboxylic acids is 1. The molecule has 0 aliphatic heterocycles. The first-order valence-electron chi connectivity index (χ1n) is 7.05. The molecule has 2 aliphatic rings. The average molecular weight is 279 g/mol. The summed E-state index contributed by atoms with van der Waals surface area (Å²) in [5, 5.41) is 11.7. The Morgan fingerprint density at radius 3 is 2.47 bits per heavy atom. The van der Waals surface area contributed by atoms with Gasteiger partial charge in [-0.2, -0.15) is 0 Å². The van der Waals surface area contributed by atoms with Gasteiger partial charge in [0.25, 0.3) is 5.91 Å². The Balaban J connectivity index is 1.68. The van der Waals surface area contributed by atoms with Crippen LogP contribution in [0, 0.1) is 18.8 Å². The van der Waals surface area contributed by atoms with E-state index in [0.29, 0.717) is 17.9 Å². The van der Waals surface area contributed by atoms with Crippen LogP contribution in [0.2, 0.25) is 0 Å². The maximum atomic E-state index is 12.5. The van der Waals surface area contributed by atoms with Crippen LogP contribution in [0.25, 0.3) is 0 Å². The average Bonchev–Trinajstić information content (AvgIpc) is 3.01. The van der Waals surface area contributed by atoms with Crippen molar-refractivity contribution in [1.29, 1.82) is 0 Å². The topological polar surface area (TPSA) is 40.5 Å². The molecule has 3 nitrogen and oxygen atoms in total. The van der Waals surface area contributed by atoms with Gasteiger partial charge < -0.3 is 10.0 Å². The molecule has 0 saturated heterocycles. The highest BCUT2D eigenvalue weighted by molar-refractivity contribution is 7.12. The van der Waals surface area contributed by atoms with E-state index in [1.807, 2.05) is 30.3 Å². The molecule has 0 aromatic carbocycles. The summed E-state index contributed by atoms with van der Waals surface area (Å²) in [5.41, 5.74) is 1.08. The molecule has 0 radical (unpaired) electrons. The molecule has 4 atom stereocenters. The number of fused-ring (bicyclic) bond motifs is 1. The Morgan fingerprint density at radius 1 is 1.32 bits per heavy atom. The lowest BCUT2D eigenvalue weighted by Crippen LogP contribution is -2.35. The Labute approximate surface area is 118 Å². The number of carbonyl (C=O) groups is 1. The highest BCUT2D eigenvalue weighted by Gasteiger charge is 2.43. The molecule has 19 heavy (non-hydrogen) atoms. The lowest BCUT2D eigenvalue weighted by Gasteiger charge is -2.25. The second-order valence-electron chi connectivity index (χ2n) is 6.12. The molecule has 2 unspecified atom stereocenters. The van der Waals surface area contributed by atoms with Crippen LogP contribution in [0.15, 0.2) is 11.4 Å². The number of aliphatic hydroxyl groups excluding tert-OH is 1. The quantitative estimate of drug-likeness (QED) is 0.904. The van der Waals surface area contributed by atoms with Crippen molar-refractivity contribution in [3.8, 4) is 0 Å². The van der Waals surface area contributed by atoms with Gasteiger partial charge in [-0.05, 0) is 61.5 Å². The fraction of sp³-hybridized carbons (Fsp3) is 0.667. The highest BCUT2D eigenvalue weighted by atomic mass is 32.1. The smallest absolute Gasteiger partial charge is 0.264 e. The second kappa shape index (κ2) is 4.91. The number of aryl methyl sites for hydroxylation is 1. The van der Waals surface area contributed by atoms with Crippen molar-refractivity contribution in [3.63, 3.8) is 0 Å². The standard InChI is InChI=1S/C15H21NO2S/c1-9-3-4-19-14(9)15(18)16(2)12-5-10-7-13(17)8-11(10)6-12/h3-4,10-13,17H,5-8H2,1-2H3/t10-,11+,12?,13?. The molecule has 0 bridgehead atoms. The van der Waals surface area contributed by atoms with E-state index in [0.717, 1.165) is 36.1 Å². The number of rotatable bonds is 2. The van der Waals surface area contributed by atoms with Crippen LogP contribution >= 0.6 is 11.3 Å². The molecule has 2 fully saturated rings. The van der Waals surface area contributed by atoms with Crippen LogP contribution in [-0.4, -0.2) is 35.1 Å². The lowest BCUT2D eigenvalue weighted by atomic mass is 10.0. The van der Waals surface area contributed by atoms with Gasteiger partial charge in [-0.3, -0.25) is 4.79 Å². The van der Waals surface area contributed by atoms with Crippen molar-refractivity contribution in [1.82, 2.24) is 4.90 Å². The molecule has 1 aromatic rings. The Bertz CT molecular complexity index is 470. The van der Waals surface area contributed by atoms with Gasteiger partial charge in [-0.25, -0.2) is 0 Å². The third-order valence-electron chi connectivity index (χ3n) is 4.89. The van der Waals surface area contributed by atoms with E-state index in [1.54, 1.807) is 0 Å². The maximum Gasteiger partial charge on any atom is 0.264 e. The van der Waals surface area contributed by atoms with Crippen molar-refractivity contribution in [2.24, 2.45) is 11.8 Å². The number of thiophene rings is 1. The van der Waals surface area contributed by atoms with Gasteiger partial charge in [0.1, 0.15) is 0 Å². The fourth-order valence-electron chi connectivity index (χ4n) is 3.79. The van der Waals surface area contributed by atoms with Crippen molar-refractivity contribution < 1.29 is 9.90 Å². The molecule has 3 rings (SSSR count). The van der Waals surface area contributed by atoms with Crippen LogP contribution < -0.4 is 0 Å². The Morgan fingerprint density at radius 2 is 1.95 bits per heavy atom. The molecule has 1 aromatic heterocycles. The summed E-state index contributed by atoms with van der Waals surface area (Å²) >= 11 is 1.54. The van der Waals surface area contributed by atoms with E-state index in [1.165, 1.54) is 11.3 Å². The number of hydrogen-bond donors (Lipinski definition) is 1. The number of hydrogen-bond acceptors (Lipinski definition) is 3. The van der Waals surface area contributed by atoms with Gasteiger partial charge in [0.05, 0.1) is 11.0 Å². The number of aliphatic hydroxyl groups is 1. The van der Waals surface area contributed by atoms with E-state index in [-0.39, 0.29) is 12.0 Å². The van der Waals surface area contributed by atoms with Crippen molar-refractivity contribution in [2.45, 2.75) is 44.8 Å². The zero-order chi connectivity index (χ0) is 13.6. The monoisotopic (exact) mass is 279 g/mol. The van der Waals surface area contributed by atoms with E-state index >= 15 is 0 Å². The summed E-state index contributed by atoms with van der Waals surface area (Å²) in [5.74, 6) is 1.41. The van der Waals surface area contributed by atoms with E-state index in [4.69, 9.17) is 0 Å². The second-order valence-corrected chi connectivity index (χ2v) is 7.04. The molecule has 1 heterocycles. The zero-order valence-corrected chi connectivity index (χ0v) is 12.3. The number of nitrogens with zero attached hydrogens (tertiary/aromatic N) is 1. The summed E-state index contributed by atoms with van der Waals surface area (Å²) in [6.07, 6.45) is 3.89. The van der Waals surface area contributed by atoms with Gasteiger partial charge in [-0.15, -0.1) is 11.3 Å². The first kappa shape index (κ1) is 13.1. The molecule has 2 saturated carbocycles. The Kier molecular flexibility index (Phi) is 3.39. The molecule has 1 N–H and O–H groups in total. The molecule has 4 heteroatoms. The third-order valence-corrected chi connectivity index (χ3v) is 5.89.